The van der Waals surface area contributed by atoms with Gasteiger partial charge in [-0.15, -0.1) is 0 Å². The molecule has 20 heavy (non-hydrogen) atoms. The summed E-state index contributed by atoms with van der Waals surface area (Å²) in [5.41, 5.74) is -0.419. The highest BCUT2D eigenvalue weighted by molar-refractivity contribution is 5.83. The topological polar surface area (TPSA) is 116 Å². The van der Waals surface area contributed by atoms with Crippen LogP contribution in [0.1, 0.15) is 24.2 Å². The number of benzene rings is 1. The summed E-state index contributed by atoms with van der Waals surface area (Å²) in [6, 6.07) is 2.28. The van der Waals surface area contributed by atoms with E-state index in [0.717, 1.165) is 6.07 Å². The van der Waals surface area contributed by atoms with Crippen molar-refractivity contribution in [3.8, 4) is 11.5 Å². The monoisotopic (exact) mass is 283 g/mol. The summed E-state index contributed by atoms with van der Waals surface area (Å²) < 4.78 is 10.2. The lowest BCUT2D eigenvalue weighted by molar-refractivity contribution is -0.386. The van der Waals surface area contributed by atoms with Crippen LogP contribution < -0.4 is 9.47 Å². The number of aliphatic carboxylic acids is 1. The zero-order valence-electron chi connectivity index (χ0n) is 10.9. The van der Waals surface area contributed by atoms with Gasteiger partial charge in [-0.2, -0.15) is 0 Å². The number of hydrogen-bond acceptors (Lipinski definition) is 6. The summed E-state index contributed by atoms with van der Waals surface area (Å²) in [5.74, 6) is -1.79. The van der Waals surface area contributed by atoms with Crippen LogP contribution in [-0.4, -0.2) is 35.0 Å². The third kappa shape index (κ3) is 3.22. The summed E-state index contributed by atoms with van der Waals surface area (Å²) in [5, 5.41) is 19.8. The van der Waals surface area contributed by atoms with Crippen LogP contribution in [0.4, 0.5) is 5.69 Å². The molecular weight excluding hydrogens is 270 g/mol. The van der Waals surface area contributed by atoms with Crippen molar-refractivity contribution in [2.24, 2.45) is 0 Å². The Morgan fingerprint density at radius 2 is 2.15 bits per heavy atom. The van der Waals surface area contributed by atoms with Crippen LogP contribution in [0.15, 0.2) is 12.1 Å². The number of carbonyl (C=O) groups excluding carboxylic acids is 1. The lowest BCUT2D eigenvalue weighted by atomic mass is 10.1. The quantitative estimate of drug-likeness (QED) is 0.459. The second kappa shape index (κ2) is 6.50. The van der Waals surface area contributed by atoms with Crippen LogP contribution in [-0.2, 0) is 4.79 Å². The van der Waals surface area contributed by atoms with Crippen molar-refractivity contribution in [2.45, 2.75) is 20.0 Å². The highest BCUT2D eigenvalue weighted by Crippen LogP contribution is 2.40. The Kier molecular flexibility index (Phi) is 5.01. The van der Waals surface area contributed by atoms with Gasteiger partial charge in [0.15, 0.2) is 18.1 Å². The maximum absolute atomic E-state index is 11.0. The SMILES string of the molecule is CCOc1c(C=O)ccc([N+](=O)[O-])c1OC(C)C(=O)O. The molecule has 1 atom stereocenters. The summed E-state index contributed by atoms with van der Waals surface area (Å²) >= 11 is 0. The van der Waals surface area contributed by atoms with Gasteiger partial charge in [-0.25, -0.2) is 4.79 Å². The molecule has 1 aromatic rings. The molecule has 0 heterocycles. The fourth-order valence-electron chi connectivity index (χ4n) is 1.44. The lowest BCUT2D eigenvalue weighted by Crippen LogP contribution is -2.23. The lowest BCUT2D eigenvalue weighted by Gasteiger charge is -2.15. The molecule has 1 aromatic carbocycles. The normalized spacial score (nSPS) is 11.5. The van der Waals surface area contributed by atoms with E-state index < -0.39 is 22.7 Å². The Bertz CT molecular complexity index is 541. The van der Waals surface area contributed by atoms with Gasteiger partial charge < -0.3 is 14.6 Å². The standard InChI is InChI=1S/C12H13NO7/c1-3-19-10-8(6-14)4-5-9(13(17)18)11(10)20-7(2)12(15)16/h4-7H,3H2,1-2H3,(H,15,16). The molecule has 0 aliphatic heterocycles. The molecule has 1 N–H and O–H groups in total. The second-order valence-corrected chi connectivity index (χ2v) is 3.74. The van der Waals surface area contributed by atoms with Crippen LogP contribution in [0.3, 0.4) is 0 Å². The maximum Gasteiger partial charge on any atom is 0.344 e. The number of nitro groups is 1. The van der Waals surface area contributed by atoms with E-state index in [9.17, 15) is 19.7 Å². The fourth-order valence-corrected chi connectivity index (χ4v) is 1.44. The molecule has 1 unspecified atom stereocenters. The third-order valence-corrected chi connectivity index (χ3v) is 2.38. The molecule has 0 amide bonds. The van der Waals surface area contributed by atoms with Crippen molar-refractivity contribution in [3.63, 3.8) is 0 Å². The number of carboxylic acids is 1. The zero-order valence-corrected chi connectivity index (χ0v) is 10.9. The predicted molar refractivity (Wildman–Crippen MR) is 67.4 cm³/mol. The first-order chi connectivity index (χ1) is 9.42. The summed E-state index contributed by atoms with van der Waals surface area (Å²) in [7, 11) is 0. The Hall–Kier alpha value is -2.64. The van der Waals surface area contributed by atoms with Crippen LogP contribution in [0.5, 0.6) is 11.5 Å². The predicted octanol–water partition coefficient (Wildman–Crippen LogP) is 1.66. The Morgan fingerprint density at radius 1 is 1.50 bits per heavy atom. The maximum atomic E-state index is 11.0. The number of hydrogen-bond donors (Lipinski definition) is 1. The van der Waals surface area contributed by atoms with Crippen molar-refractivity contribution in [3.05, 3.63) is 27.8 Å². The molecule has 0 aliphatic rings. The molecular formula is C12H13NO7. The number of rotatable bonds is 7. The first-order valence-corrected chi connectivity index (χ1v) is 5.71. The van der Waals surface area contributed by atoms with Gasteiger partial charge in [0.05, 0.1) is 17.1 Å². The van der Waals surface area contributed by atoms with Crippen molar-refractivity contribution >= 4 is 17.9 Å². The minimum absolute atomic E-state index is 0.0463. The fraction of sp³-hybridized carbons (Fsp3) is 0.333. The van der Waals surface area contributed by atoms with Gasteiger partial charge in [-0.05, 0) is 19.9 Å². The summed E-state index contributed by atoms with van der Waals surface area (Å²) in [6.07, 6.45) is -0.873. The molecule has 0 radical (unpaired) electrons. The number of carboxylic acid groups (broad SMARTS) is 1. The van der Waals surface area contributed by atoms with E-state index in [1.54, 1.807) is 6.92 Å². The van der Waals surface area contributed by atoms with Gasteiger partial charge in [0.25, 0.3) is 0 Å². The molecule has 1 rings (SSSR count). The molecule has 0 saturated carbocycles. The molecule has 0 saturated heterocycles. The smallest absolute Gasteiger partial charge is 0.344 e. The highest BCUT2D eigenvalue weighted by atomic mass is 16.6. The van der Waals surface area contributed by atoms with Gasteiger partial charge in [-0.1, -0.05) is 0 Å². The molecule has 0 bridgehead atoms. The minimum atomic E-state index is -1.32. The van der Waals surface area contributed by atoms with E-state index >= 15 is 0 Å². The average Bonchev–Trinajstić information content (AvgIpc) is 2.39. The van der Waals surface area contributed by atoms with Crippen LogP contribution in [0.25, 0.3) is 0 Å². The van der Waals surface area contributed by atoms with Gasteiger partial charge >= 0.3 is 11.7 Å². The van der Waals surface area contributed by atoms with E-state index in [-0.39, 0.29) is 23.7 Å². The van der Waals surface area contributed by atoms with Gasteiger partial charge in [0.1, 0.15) is 0 Å². The van der Waals surface area contributed by atoms with Crippen molar-refractivity contribution < 1.29 is 29.1 Å². The van der Waals surface area contributed by atoms with E-state index in [2.05, 4.69) is 0 Å². The Balaban J connectivity index is 3.42. The Labute approximate surface area is 114 Å². The van der Waals surface area contributed by atoms with E-state index in [0.29, 0.717) is 6.29 Å². The van der Waals surface area contributed by atoms with E-state index in [1.807, 2.05) is 0 Å². The molecule has 8 heteroatoms. The first-order valence-electron chi connectivity index (χ1n) is 5.71. The molecule has 0 fully saturated rings. The van der Waals surface area contributed by atoms with Gasteiger partial charge in [-0.3, -0.25) is 14.9 Å². The van der Waals surface area contributed by atoms with Crippen molar-refractivity contribution in [1.82, 2.24) is 0 Å². The number of aldehydes is 1. The Morgan fingerprint density at radius 3 is 2.60 bits per heavy atom. The molecule has 108 valence electrons. The van der Waals surface area contributed by atoms with E-state index in [1.165, 1.54) is 13.0 Å². The average molecular weight is 283 g/mol. The molecule has 8 nitrogen and oxygen atoms in total. The zero-order chi connectivity index (χ0) is 15.3. The largest absolute Gasteiger partial charge is 0.489 e. The number of carbonyl (C=O) groups is 2. The first kappa shape index (κ1) is 15.4. The van der Waals surface area contributed by atoms with Gasteiger partial charge in [0, 0.05) is 6.07 Å². The second-order valence-electron chi connectivity index (χ2n) is 3.74. The highest BCUT2D eigenvalue weighted by Gasteiger charge is 2.27. The number of nitro benzene ring substituents is 1. The van der Waals surface area contributed by atoms with Crippen LogP contribution in [0, 0.1) is 10.1 Å². The van der Waals surface area contributed by atoms with Crippen molar-refractivity contribution in [2.75, 3.05) is 6.61 Å². The van der Waals surface area contributed by atoms with E-state index in [4.69, 9.17) is 14.6 Å². The molecule has 0 aromatic heterocycles. The molecule has 0 aliphatic carbocycles. The number of ether oxygens (including phenoxy) is 2. The molecule has 0 spiro atoms. The van der Waals surface area contributed by atoms with Crippen LogP contribution >= 0.6 is 0 Å². The third-order valence-electron chi connectivity index (χ3n) is 2.38. The van der Waals surface area contributed by atoms with Crippen molar-refractivity contribution in [1.29, 1.82) is 0 Å². The van der Waals surface area contributed by atoms with Crippen LogP contribution in [0.2, 0.25) is 0 Å². The summed E-state index contributed by atoms with van der Waals surface area (Å²) in [4.78, 5) is 32.0. The number of nitrogens with zero attached hydrogens (tertiary/aromatic N) is 1. The summed E-state index contributed by atoms with van der Waals surface area (Å²) in [6.45, 7) is 2.98. The minimum Gasteiger partial charge on any atom is -0.489 e. The van der Waals surface area contributed by atoms with Gasteiger partial charge in [0.2, 0.25) is 5.75 Å².